The van der Waals surface area contributed by atoms with Crippen molar-refractivity contribution in [3.8, 4) is 0 Å². The van der Waals surface area contributed by atoms with E-state index in [9.17, 15) is 14.4 Å². The van der Waals surface area contributed by atoms with Gasteiger partial charge in [-0.05, 0) is 43.2 Å². The number of nitrogens with zero attached hydrogens (tertiary/aromatic N) is 2. The lowest BCUT2D eigenvalue weighted by Gasteiger charge is -2.31. The molecule has 1 aromatic heterocycles. The minimum absolute atomic E-state index is 0.107. The van der Waals surface area contributed by atoms with Gasteiger partial charge in [0, 0.05) is 31.6 Å². The minimum atomic E-state index is -0.441. The van der Waals surface area contributed by atoms with Crippen LogP contribution in [0.25, 0.3) is 10.9 Å². The number of piperidine rings is 1. The number of fused-ring (bicyclic) bond motifs is 1. The van der Waals surface area contributed by atoms with E-state index in [-0.39, 0.29) is 18.3 Å². The van der Waals surface area contributed by atoms with Crippen LogP contribution >= 0.6 is 0 Å². The zero-order valence-electron chi connectivity index (χ0n) is 17.1. The molecule has 3 rings (SSSR count). The highest BCUT2D eigenvalue weighted by Gasteiger charge is 2.21. The van der Waals surface area contributed by atoms with Gasteiger partial charge in [0.25, 0.3) is 0 Å². The molecule has 0 bridgehead atoms. The van der Waals surface area contributed by atoms with Gasteiger partial charge < -0.3 is 14.4 Å². The number of carbonyl (C=O) groups is 3. The van der Waals surface area contributed by atoms with Crippen molar-refractivity contribution < 1.29 is 23.9 Å². The summed E-state index contributed by atoms with van der Waals surface area (Å²) in [7, 11) is 1.35. The molecule has 7 heteroatoms. The number of hydrogen-bond donors (Lipinski definition) is 0. The van der Waals surface area contributed by atoms with E-state index in [1.54, 1.807) is 13.1 Å². The zero-order valence-corrected chi connectivity index (χ0v) is 17.1. The average molecular weight is 400 g/mol. The van der Waals surface area contributed by atoms with E-state index in [0.717, 1.165) is 49.7 Å². The maximum absolute atomic E-state index is 12.6. The highest BCUT2D eigenvalue weighted by molar-refractivity contribution is 5.93. The molecule has 0 atom stereocenters. The van der Waals surface area contributed by atoms with Gasteiger partial charge in [-0.25, -0.2) is 4.79 Å². The van der Waals surface area contributed by atoms with Gasteiger partial charge in [0.05, 0.1) is 25.7 Å². The first kappa shape index (κ1) is 20.9. The van der Waals surface area contributed by atoms with E-state index in [2.05, 4.69) is 0 Å². The minimum Gasteiger partial charge on any atom is -0.469 e. The van der Waals surface area contributed by atoms with Crippen LogP contribution in [0.2, 0.25) is 0 Å². The first-order valence-electron chi connectivity index (χ1n) is 10.1. The molecule has 1 aliphatic heterocycles. The third kappa shape index (κ3) is 5.16. The van der Waals surface area contributed by atoms with Gasteiger partial charge in [-0.1, -0.05) is 18.2 Å². The van der Waals surface area contributed by atoms with Crippen molar-refractivity contribution in [3.05, 3.63) is 36.0 Å². The van der Waals surface area contributed by atoms with Gasteiger partial charge >= 0.3 is 12.1 Å². The second kappa shape index (κ2) is 9.58. The number of rotatable bonds is 6. The summed E-state index contributed by atoms with van der Waals surface area (Å²) in [5, 5.41) is 0.840. The normalized spacial score (nSPS) is 14.8. The van der Waals surface area contributed by atoms with Crippen LogP contribution in [0, 0.1) is 5.92 Å². The lowest BCUT2D eigenvalue weighted by atomic mass is 9.92. The van der Waals surface area contributed by atoms with E-state index in [0.29, 0.717) is 18.0 Å². The Hall–Kier alpha value is -2.83. The molecule has 0 N–H and O–H groups in total. The van der Waals surface area contributed by atoms with Crippen LogP contribution in [0.5, 0.6) is 0 Å². The molecular weight excluding hydrogens is 372 g/mol. The summed E-state index contributed by atoms with van der Waals surface area (Å²) in [4.78, 5) is 37.5. The monoisotopic (exact) mass is 400 g/mol. The van der Waals surface area contributed by atoms with Gasteiger partial charge in [0.2, 0.25) is 5.91 Å². The first-order chi connectivity index (χ1) is 14.0. The molecule has 1 aromatic carbocycles. The van der Waals surface area contributed by atoms with Crippen LogP contribution in [0.1, 0.15) is 38.2 Å². The number of aromatic nitrogens is 1. The van der Waals surface area contributed by atoms with E-state index in [4.69, 9.17) is 9.47 Å². The molecule has 1 fully saturated rings. The smallest absolute Gasteiger partial charge is 0.418 e. The Balaban J connectivity index is 1.53. The Kier molecular flexibility index (Phi) is 6.90. The number of ether oxygens (including phenoxy) is 2. The molecule has 0 unspecified atom stereocenters. The molecule has 1 aliphatic rings. The van der Waals surface area contributed by atoms with Crippen molar-refractivity contribution >= 4 is 28.9 Å². The summed E-state index contributed by atoms with van der Waals surface area (Å²) >= 11 is 0. The number of amides is 1. The number of methoxy groups -OCH3 is 1. The van der Waals surface area contributed by atoms with Gasteiger partial charge in [-0.15, -0.1) is 0 Å². The maximum atomic E-state index is 12.6. The molecule has 7 nitrogen and oxygen atoms in total. The molecule has 29 heavy (non-hydrogen) atoms. The predicted octanol–water partition coefficient (Wildman–Crippen LogP) is 3.38. The zero-order chi connectivity index (χ0) is 20.8. The van der Waals surface area contributed by atoms with Crippen molar-refractivity contribution in [2.24, 2.45) is 5.92 Å². The van der Waals surface area contributed by atoms with E-state index in [1.165, 1.54) is 11.7 Å². The molecule has 2 heterocycles. The summed E-state index contributed by atoms with van der Waals surface area (Å²) in [6.07, 6.45) is 5.12. The second-order valence-corrected chi connectivity index (χ2v) is 7.50. The van der Waals surface area contributed by atoms with Gasteiger partial charge in [-0.3, -0.25) is 14.2 Å². The van der Waals surface area contributed by atoms with Crippen molar-refractivity contribution in [2.45, 2.75) is 39.0 Å². The standard InChI is InChI=1S/C22H28N2O5/c1-16(25)23-11-9-17(10-12-23)6-5-13-29-22(27)24-15-18(14-21(26)28-2)19-7-3-4-8-20(19)24/h3-4,7-8,15,17H,5-6,9-14H2,1-2H3. The number of benzene rings is 1. The van der Waals surface area contributed by atoms with Crippen molar-refractivity contribution in [2.75, 3.05) is 26.8 Å². The van der Waals surface area contributed by atoms with Crippen LogP contribution < -0.4 is 0 Å². The molecule has 2 aromatic rings. The third-order valence-electron chi connectivity index (χ3n) is 5.60. The van der Waals surface area contributed by atoms with Gasteiger partial charge in [-0.2, -0.15) is 0 Å². The number of likely N-dealkylation sites (tertiary alicyclic amines) is 1. The summed E-state index contributed by atoms with van der Waals surface area (Å²) in [6, 6.07) is 7.43. The summed E-state index contributed by atoms with van der Waals surface area (Å²) in [6.45, 7) is 3.60. The van der Waals surface area contributed by atoms with Crippen molar-refractivity contribution in [1.29, 1.82) is 0 Å². The van der Waals surface area contributed by atoms with E-state index in [1.807, 2.05) is 29.2 Å². The number of carbonyl (C=O) groups excluding carboxylic acids is 3. The Morgan fingerprint density at radius 2 is 1.86 bits per heavy atom. The molecular formula is C22H28N2O5. The number of hydrogen-bond acceptors (Lipinski definition) is 5. The SMILES string of the molecule is COC(=O)Cc1cn(C(=O)OCCCC2CCN(C(C)=O)CC2)c2ccccc12. The Morgan fingerprint density at radius 1 is 1.14 bits per heavy atom. The highest BCUT2D eigenvalue weighted by Crippen LogP contribution is 2.24. The van der Waals surface area contributed by atoms with Crippen molar-refractivity contribution in [1.82, 2.24) is 9.47 Å². The fourth-order valence-electron chi connectivity index (χ4n) is 3.91. The summed E-state index contributed by atoms with van der Waals surface area (Å²) < 4.78 is 11.7. The molecule has 156 valence electrons. The molecule has 1 amide bonds. The largest absolute Gasteiger partial charge is 0.469 e. The van der Waals surface area contributed by atoms with Gasteiger partial charge in [0.15, 0.2) is 0 Å². The first-order valence-corrected chi connectivity index (χ1v) is 10.1. The van der Waals surface area contributed by atoms with E-state index < -0.39 is 6.09 Å². The Labute approximate surface area is 170 Å². The molecule has 0 saturated carbocycles. The number of esters is 1. The fourth-order valence-corrected chi connectivity index (χ4v) is 3.91. The fraction of sp³-hybridized carbons (Fsp3) is 0.500. The van der Waals surface area contributed by atoms with E-state index >= 15 is 0 Å². The van der Waals surface area contributed by atoms with Crippen LogP contribution in [-0.2, 0) is 25.5 Å². The highest BCUT2D eigenvalue weighted by atomic mass is 16.5. The average Bonchev–Trinajstić information content (AvgIpc) is 3.10. The second-order valence-electron chi connectivity index (χ2n) is 7.50. The van der Waals surface area contributed by atoms with Crippen LogP contribution in [-0.4, -0.2) is 54.2 Å². The van der Waals surface area contributed by atoms with Crippen molar-refractivity contribution in [3.63, 3.8) is 0 Å². The quantitative estimate of drug-likeness (QED) is 0.549. The lowest BCUT2D eigenvalue weighted by molar-refractivity contribution is -0.139. The summed E-state index contributed by atoms with van der Waals surface area (Å²) in [5.41, 5.74) is 1.45. The molecule has 1 saturated heterocycles. The molecule has 0 aliphatic carbocycles. The third-order valence-corrected chi connectivity index (χ3v) is 5.60. The maximum Gasteiger partial charge on any atom is 0.418 e. The topological polar surface area (TPSA) is 77.8 Å². The lowest BCUT2D eigenvalue weighted by Crippen LogP contribution is -2.37. The Bertz CT molecular complexity index is 880. The summed E-state index contributed by atoms with van der Waals surface area (Å²) in [5.74, 6) is 0.364. The van der Waals surface area contributed by atoms with Crippen LogP contribution in [0.15, 0.2) is 30.5 Å². The van der Waals surface area contributed by atoms with Crippen LogP contribution in [0.3, 0.4) is 0 Å². The Morgan fingerprint density at radius 3 is 2.55 bits per heavy atom. The van der Waals surface area contributed by atoms with Crippen LogP contribution in [0.4, 0.5) is 4.79 Å². The molecule has 0 radical (unpaired) electrons. The van der Waals surface area contributed by atoms with Gasteiger partial charge in [0.1, 0.15) is 0 Å². The number of para-hydroxylation sites is 1. The predicted molar refractivity (Wildman–Crippen MR) is 109 cm³/mol. The molecule has 0 spiro atoms.